The number of hydrogen-bond donors (Lipinski definition) is 1. The number of nitrogens with two attached hydrogens (primary N) is 1. The molecule has 1 unspecified atom stereocenters. The second-order valence-electron chi connectivity index (χ2n) is 4.73. The highest BCUT2D eigenvalue weighted by Gasteiger charge is 2.25. The van der Waals surface area contributed by atoms with Gasteiger partial charge in [-0.05, 0) is 30.5 Å². The van der Waals surface area contributed by atoms with Crippen molar-refractivity contribution in [2.24, 2.45) is 5.73 Å². The van der Waals surface area contributed by atoms with Crippen LogP contribution < -0.4 is 10.6 Å². The third-order valence-electron chi connectivity index (χ3n) is 3.56. The molecule has 1 aliphatic heterocycles. The average molecular weight is 255 g/mol. The minimum absolute atomic E-state index is 0.381. The quantitative estimate of drug-likeness (QED) is 0.899. The predicted molar refractivity (Wildman–Crippen MR) is 74.7 cm³/mol. The number of aromatic nitrogens is 3. The molecule has 2 aromatic heterocycles. The lowest BCUT2D eigenvalue weighted by molar-refractivity contribution is 0.664. The Kier molecular flexibility index (Phi) is 3.37. The molecule has 1 atom stereocenters. The molecule has 98 valence electrons. The maximum Gasteiger partial charge on any atom is 0.225 e. The second-order valence-corrected chi connectivity index (χ2v) is 4.73. The Morgan fingerprint density at radius 2 is 1.89 bits per heavy atom. The molecule has 1 aliphatic rings. The minimum Gasteiger partial charge on any atom is -0.337 e. The Hall–Kier alpha value is -2.01. The number of anilines is 1. The molecular weight excluding hydrogens is 238 g/mol. The van der Waals surface area contributed by atoms with Gasteiger partial charge in [0.05, 0.1) is 0 Å². The van der Waals surface area contributed by atoms with Crippen LogP contribution in [-0.2, 0) is 0 Å². The summed E-state index contributed by atoms with van der Waals surface area (Å²) in [5.41, 5.74) is 7.87. The van der Waals surface area contributed by atoms with E-state index in [-0.39, 0.29) is 0 Å². The zero-order valence-electron chi connectivity index (χ0n) is 10.7. The molecule has 0 radical (unpaired) electrons. The first kappa shape index (κ1) is 12.0. The van der Waals surface area contributed by atoms with E-state index in [0.717, 1.165) is 36.5 Å². The SMILES string of the molecule is NCC1CCCN1c1ncc(-c2ccncc2)cn1. The Bertz CT molecular complexity index is 525. The first-order chi connectivity index (χ1) is 9.38. The number of nitrogens with zero attached hydrogens (tertiary/aromatic N) is 4. The van der Waals surface area contributed by atoms with E-state index >= 15 is 0 Å². The summed E-state index contributed by atoms with van der Waals surface area (Å²) in [6.45, 7) is 1.66. The molecule has 0 spiro atoms. The topological polar surface area (TPSA) is 67.9 Å². The predicted octanol–water partition coefficient (Wildman–Crippen LogP) is 1.47. The lowest BCUT2D eigenvalue weighted by Crippen LogP contribution is -2.36. The van der Waals surface area contributed by atoms with Crippen LogP contribution in [0.2, 0.25) is 0 Å². The van der Waals surface area contributed by atoms with Gasteiger partial charge in [0.25, 0.3) is 0 Å². The van der Waals surface area contributed by atoms with Crippen molar-refractivity contribution in [2.45, 2.75) is 18.9 Å². The zero-order chi connectivity index (χ0) is 13.1. The molecule has 0 saturated carbocycles. The van der Waals surface area contributed by atoms with Crippen molar-refractivity contribution in [3.05, 3.63) is 36.9 Å². The molecule has 2 aromatic rings. The van der Waals surface area contributed by atoms with Gasteiger partial charge in [-0.2, -0.15) is 0 Å². The van der Waals surface area contributed by atoms with Crippen LogP contribution in [0.3, 0.4) is 0 Å². The van der Waals surface area contributed by atoms with Gasteiger partial charge in [0.2, 0.25) is 5.95 Å². The molecule has 2 N–H and O–H groups in total. The van der Waals surface area contributed by atoms with Crippen LogP contribution in [0.4, 0.5) is 5.95 Å². The molecule has 1 saturated heterocycles. The highest BCUT2D eigenvalue weighted by Crippen LogP contribution is 2.23. The first-order valence-corrected chi connectivity index (χ1v) is 6.57. The summed E-state index contributed by atoms with van der Waals surface area (Å²) in [5.74, 6) is 0.783. The summed E-state index contributed by atoms with van der Waals surface area (Å²) in [7, 11) is 0. The smallest absolute Gasteiger partial charge is 0.225 e. The summed E-state index contributed by atoms with van der Waals surface area (Å²) in [5, 5.41) is 0. The molecule has 5 heteroatoms. The summed E-state index contributed by atoms with van der Waals surface area (Å²) >= 11 is 0. The zero-order valence-corrected chi connectivity index (χ0v) is 10.7. The summed E-state index contributed by atoms with van der Waals surface area (Å²) in [6, 6.07) is 4.29. The lowest BCUT2D eigenvalue weighted by Gasteiger charge is -2.23. The second kappa shape index (κ2) is 5.32. The van der Waals surface area contributed by atoms with Crippen molar-refractivity contribution >= 4 is 5.95 Å². The van der Waals surface area contributed by atoms with E-state index < -0.39 is 0 Å². The van der Waals surface area contributed by atoms with E-state index in [0.29, 0.717) is 12.6 Å². The molecule has 0 aromatic carbocycles. The van der Waals surface area contributed by atoms with Crippen molar-refractivity contribution in [1.82, 2.24) is 15.0 Å². The largest absolute Gasteiger partial charge is 0.337 e. The standard InChI is InChI=1S/C14H17N5/c15-8-13-2-1-7-19(13)14-17-9-12(10-18-14)11-3-5-16-6-4-11/h3-6,9-10,13H,1-2,7-8,15H2. The van der Waals surface area contributed by atoms with Gasteiger partial charge in [0, 0.05) is 49.5 Å². The van der Waals surface area contributed by atoms with Crippen molar-refractivity contribution in [3.63, 3.8) is 0 Å². The van der Waals surface area contributed by atoms with E-state index in [1.54, 1.807) is 12.4 Å². The molecule has 0 amide bonds. The normalized spacial score (nSPS) is 18.8. The maximum atomic E-state index is 5.78. The van der Waals surface area contributed by atoms with E-state index in [1.165, 1.54) is 0 Å². The van der Waals surface area contributed by atoms with Crippen molar-refractivity contribution in [3.8, 4) is 11.1 Å². The third-order valence-corrected chi connectivity index (χ3v) is 3.56. The molecule has 5 nitrogen and oxygen atoms in total. The Balaban J connectivity index is 1.83. The van der Waals surface area contributed by atoms with Crippen LogP contribution in [0.5, 0.6) is 0 Å². The monoisotopic (exact) mass is 255 g/mol. The highest BCUT2D eigenvalue weighted by molar-refractivity contribution is 5.61. The van der Waals surface area contributed by atoms with Crippen LogP contribution in [0.25, 0.3) is 11.1 Å². The van der Waals surface area contributed by atoms with Crippen LogP contribution in [0.15, 0.2) is 36.9 Å². The van der Waals surface area contributed by atoms with Gasteiger partial charge < -0.3 is 10.6 Å². The summed E-state index contributed by atoms with van der Waals surface area (Å²) in [4.78, 5) is 15.2. The number of pyridine rings is 1. The number of rotatable bonds is 3. The van der Waals surface area contributed by atoms with Gasteiger partial charge in [-0.1, -0.05) is 0 Å². The fraction of sp³-hybridized carbons (Fsp3) is 0.357. The van der Waals surface area contributed by atoms with E-state index in [2.05, 4.69) is 19.9 Å². The maximum absolute atomic E-state index is 5.78. The van der Waals surface area contributed by atoms with Gasteiger partial charge >= 0.3 is 0 Å². The first-order valence-electron chi connectivity index (χ1n) is 6.57. The van der Waals surface area contributed by atoms with Gasteiger partial charge in [-0.15, -0.1) is 0 Å². The number of hydrogen-bond acceptors (Lipinski definition) is 5. The van der Waals surface area contributed by atoms with Crippen molar-refractivity contribution < 1.29 is 0 Å². The molecule has 3 heterocycles. The average Bonchev–Trinajstić information content (AvgIpc) is 2.97. The fourth-order valence-electron chi connectivity index (χ4n) is 2.51. The molecule has 0 bridgehead atoms. The Morgan fingerprint density at radius 1 is 1.16 bits per heavy atom. The molecule has 3 rings (SSSR count). The lowest BCUT2D eigenvalue weighted by atomic mass is 10.1. The van der Waals surface area contributed by atoms with E-state index in [4.69, 9.17) is 5.73 Å². The van der Waals surface area contributed by atoms with Crippen molar-refractivity contribution in [1.29, 1.82) is 0 Å². The minimum atomic E-state index is 0.381. The van der Waals surface area contributed by atoms with Gasteiger partial charge in [-0.3, -0.25) is 4.98 Å². The molecule has 19 heavy (non-hydrogen) atoms. The van der Waals surface area contributed by atoms with Gasteiger partial charge in [0.1, 0.15) is 0 Å². The molecule has 0 aliphatic carbocycles. The van der Waals surface area contributed by atoms with Crippen LogP contribution in [0.1, 0.15) is 12.8 Å². The van der Waals surface area contributed by atoms with Crippen LogP contribution >= 0.6 is 0 Å². The third kappa shape index (κ3) is 2.42. The fourth-order valence-corrected chi connectivity index (χ4v) is 2.51. The summed E-state index contributed by atoms with van der Waals surface area (Å²) in [6.07, 6.45) is 9.57. The van der Waals surface area contributed by atoms with E-state index in [9.17, 15) is 0 Å². The Labute approximate surface area is 112 Å². The van der Waals surface area contributed by atoms with Gasteiger partial charge in [-0.25, -0.2) is 9.97 Å². The Morgan fingerprint density at radius 3 is 2.58 bits per heavy atom. The van der Waals surface area contributed by atoms with Crippen LogP contribution in [0, 0.1) is 0 Å². The molecular formula is C14H17N5. The molecule has 1 fully saturated rings. The van der Waals surface area contributed by atoms with E-state index in [1.807, 2.05) is 24.5 Å². The van der Waals surface area contributed by atoms with Crippen LogP contribution in [-0.4, -0.2) is 34.1 Å². The highest BCUT2D eigenvalue weighted by atomic mass is 15.3. The van der Waals surface area contributed by atoms with Crippen molar-refractivity contribution in [2.75, 3.05) is 18.0 Å². The summed E-state index contributed by atoms with van der Waals surface area (Å²) < 4.78 is 0. The van der Waals surface area contributed by atoms with Gasteiger partial charge in [0.15, 0.2) is 0 Å².